The summed E-state index contributed by atoms with van der Waals surface area (Å²) in [7, 11) is 1.82. The summed E-state index contributed by atoms with van der Waals surface area (Å²) in [4.78, 5) is 11.9. The summed E-state index contributed by atoms with van der Waals surface area (Å²) in [6.45, 7) is 0.922. The molecular weight excluding hydrogens is 268 g/mol. The first-order valence-electron chi connectivity index (χ1n) is 7.05. The van der Waals surface area contributed by atoms with E-state index in [1.165, 1.54) is 18.6 Å². The molecular formula is C16H22N2OS. The van der Waals surface area contributed by atoms with Gasteiger partial charge in [-0.05, 0) is 30.9 Å². The molecule has 0 fully saturated rings. The van der Waals surface area contributed by atoms with E-state index in [1.54, 1.807) is 10.6 Å². The third kappa shape index (κ3) is 3.57. The second kappa shape index (κ2) is 7.39. The molecule has 3 nitrogen and oxygen atoms in total. The van der Waals surface area contributed by atoms with Gasteiger partial charge >= 0.3 is 0 Å². The van der Waals surface area contributed by atoms with Crippen LogP contribution in [0.1, 0.15) is 19.3 Å². The van der Waals surface area contributed by atoms with Crippen LogP contribution in [-0.2, 0) is 7.05 Å². The van der Waals surface area contributed by atoms with Gasteiger partial charge in [-0.15, -0.1) is 0 Å². The number of pyridine rings is 1. The maximum absolute atomic E-state index is 11.9. The third-order valence-corrected chi connectivity index (χ3v) is 4.19. The van der Waals surface area contributed by atoms with E-state index in [4.69, 9.17) is 0 Å². The molecule has 0 amide bonds. The molecule has 2 rings (SSSR count). The van der Waals surface area contributed by atoms with Crippen LogP contribution >= 0.6 is 11.8 Å². The Kier molecular flexibility index (Phi) is 5.53. The fourth-order valence-electron chi connectivity index (χ4n) is 2.33. The average molecular weight is 290 g/mol. The maximum atomic E-state index is 11.9. The van der Waals surface area contributed by atoms with Crippen LogP contribution < -0.4 is 10.9 Å². The van der Waals surface area contributed by atoms with Gasteiger partial charge in [0, 0.05) is 30.7 Å². The first kappa shape index (κ1) is 15.0. The second-order valence-electron chi connectivity index (χ2n) is 4.95. The molecule has 4 heteroatoms. The van der Waals surface area contributed by atoms with E-state index in [-0.39, 0.29) is 5.56 Å². The monoisotopic (exact) mass is 290 g/mol. The zero-order valence-electron chi connectivity index (χ0n) is 12.2. The van der Waals surface area contributed by atoms with Gasteiger partial charge in [0.15, 0.2) is 0 Å². The Morgan fingerprint density at radius 1 is 1.20 bits per heavy atom. The topological polar surface area (TPSA) is 34.0 Å². The average Bonchev–Trinajstić information content (AvgIpc) is 2.47. The SMILES string of the molecule is CSCCCCCNc1cc(=O)n(C)c2ccccc12. The molecule has 0 saturated carbocycles. The lowest BCUT2D eigenvalue weighted by Gasteiger charge is -2.12. The Bertz CT molecular complexity index is 621. The van der Waals surface area contributed by atoms with E-state index >= 15 is 0 Å². The quantitative estimate of drug-likeness (QED) is 0.793. The van der Waals surface area contributed by atoms with Crippen molar-refractivity contribution in [3.8, 4) is 0 Å². The molecule has 1 N–H and O–H groups in total. The number of rotatable bonds is 7. The van der Waals surface area contributed by atoms with E-state index in [9.17, 15) is 4.79 Å². The smallest absolute Gasteiger partial charge is 0.252 e. The van der Waals surface area contributed by atoms with Crippen molar-refractivity contribution in [2.24, 2.45) is 7.05 Å². The highest BCUT2D eigenvalue weighted by molar-refractivity contribution is 7.98. The Morgan fingerprint density at radius 2 is 2.00 bits per heavy atom. The van der Waals surface area contributed by atoms with Gasteiger partial charge in [0.2, 0.25) is 0 Å². The first-order chi connectivity index (χ1) is 9.74. The van der Waals surface area contributed by atoms with E-state index in [2.05, 4.69) is 17.6 Å². The minimum absolute atomic E-state index is 0.0357. The number of aryl methyl sites for hydroxylation is 1. The van der Waals surface area contributed by atoms with Crippen molar-refractivity contribution in [2.75, 3.05) is 23.9 Å². The number of aromatic nitrogens is 1. The van der Waals surface area contributed by atoms with Crippen molar-refractivity contribution in [2.45, 2.75) is 19.3 Å². The van der Waals surface area contributed by atoms with Gasteiger partial charge in [0.05, 0.1) is 5.52 Å². The molecule has 0 aliphatic rings. The molecule has 0 unspecified atom stereocenters. The summed E-state index contributed by atoms with van der Waals surface area (Å²) in [6.07, 6.45) is 5.78. The number of hydrogen-bond acceptors (Lipinski definition) is 3. The van der Waals surface area contributed by atoms with Crippen LogP contribution in [0, 0.1) is 0 Å². The summed E-state index contributed by atoms with van der Waals surface area (Å²) in [6, 6.07) is 9.72. The summed E-state index contributed by atoms with van der Waals surface area (Å²) in [5, 5.41) is 4.52. The van der Waals surface area contributed by atoms with Crippen molar-refractivity contribution in [3.63, 3.8) is 0 Å². The molecule has 0 saturated heterocycles. The molecule has 20 heavy (non-hydrogen) atoms. The van der Waals surface area contributed by atoms with E-state index in [0.29, 0.717) is 0 Å². The van der Waals surface area contributed by atoms with E-state index in [0.717, 1.165) is 29.6 Å². The van der Waals surface area contributed by atoms with Crippen molar-refractivity contribution < 1.29 is 0 Å². The molecule has 1 aromatic heterocycles. The highest BCUT2D eigenvalue weighted by Crippen LogP contribution is 2.20. The highest BCUT2D eigenvalue weighted by atomic mass is 32.2. The predicted octanol–water partition coefficient (Wildman–Crippen LogP) is 3.48. The summed E-state index contributed by atoms with van der Waals surface area (Å²) < 4.78 is 1.69. The molecule has 2 aromatic rings. The van der Waals surface area contributed by atoms with Gasteiger partial charge in [-0.1, -0.05) is 24.6 Å². The highest BCUT2D eigenvalue weighted by Gasteiger charge is 2.05. The first-order valence-corrected chi connectivity index (χ1v) is 8.45. The number of anilines is 1. The van der Waals surface area contributed by atoms with Gasteiger partial charge in [-0.3, -0.25) is 4.79 Å². The van der Waals surface area contributed by atoms with Crippen molar-refractivity contribution in [1.82, 2.24) is 4.57 Å². The number of thioether (sulfide) groups is 1. The fraction of sp³-hybridized carbons (Fsp3) is 0.438. The van der Waals surface area contributed by atoms with Gasteiger partial charge in [-0.25, -0.2) is 0 Å². The number of benzene rings is 1. The molecule has 0 radical (unpaired) electrons. The predicted molar refractivity (Wildman–Crippen MR) is 89.9 cm³/mol. The Morgan fingerprint density at radius 3 is 2.80 bits per heavy atom. The van der Waals surface area contributed by atoms with Crippen LogP contribution in [0.2, 0.25) is 0 Å². The minimum atomic E-state index is 0.0357. The number of fused-ring (bicyclic) bond motifs is 1. The number of unbranched alkanes of at least 4 members (excludes halogenated alkanes) is 2. The van der Waals surface area contributed by atoms with Crippen molar-refractivity contribution in [1.29, 1.82) is 0 Å². The van der Waals surface area contributed by atoms with Gasteiger partial charge < -0.3 is 9.88 Å². The standard InChI is InChI=1S/C16H22N2OS/c1-18-15-9-5-4-8-13(15)14(12-16(18)19)17-10-6-3-7-11-20-2/h4-5,8-9,12,17H,3,6-7,10-11H2,1-2H3. The molecule has 0 bridgehead atoms. The van der Waals surface area contributed by atoms with Crippen LogP contribution in [0.15, 0.2) is 35.1 Å². The lowest BCUT2D eigenvalue weighted by molar-refractivity contribution is 0.750. The van der Waals surface area contributed by atoms with E-state index < -0.39 is 0 Å². The number of nitrogens with zero attached hydrogens (tertiary/aromatic N) is 1. The molecule has 0 atom stereocenters. The van der Waals surface area contributed by atoms with Gasteiger partial charge in [0.25, 0.3) is 5.56 Å². The normalized spacial score (nSPS) is 10.9. The molecule has 0 aliphatic carbocycles. The van der Waals surface area contributed by atoms with Gasteiger partial charge in [-0.2, -0.15) is 11.8 Å². The third-order valence-electron chi connectivity index (χ3n) is 3.49. The van der Waals surface area contributed by atoms with Crippen LogP contribution in [0.4, 0.5) is 5.69 Å². The second-order valence-corrected chi connectivity index (χ2v) is 5.94. The van der Waals surface area contributed by atoms with Gasteiger partial charge in [0.1, 0.15) is 0 Å². The lowest BCUT2D eigenvalue weighted by Crippen LogP contribution is -2.17. The zero-order chi connectivity index (χ0) is 14.4. The molecule has 1 heterocycles. The molecule has 1 aromatic carbocycles. The lowest BCUT2D eigenvalue weighted by atomic mass is 10.1. The zero-order valence-corrected chi connectivity index (χ0v) is 13.0. The van der Waals surface area contributed by atoms with E-state index in [1.807, 2.05) is 37.0 Å². The number of para-hydroxylation sites is 1. The Balaban J connectivity index is 2.07. The number of nitrogens with one attached hydrogen (secondary N) is 1. The molecule has 108 valence electrons. The van der Waals surface area contributed by atoms with Crippen molar-refractivity contribution >= 4 is 28.4 Å². The van der Waals surface area contributed by atoms with Crippen LogP contribution in [0.25, 0.3) is 10.9 Å². The Labute approximate surface area is 124 Å². The minimum Gasteiger partial charge on any atom is -0.384 e. The maximum Gasteiger partial charge on any atom is 0.252 e. The summed E-state index contributed by atoms with van der Waals surface area (Å²) in [5.74, 6) is 1.23. The van der Waals surface area contributed by atoms with Crippen LogP contribution in [-0.4, -0.2) is 23.1 Å². The van der Waals surface area contributed by atoms with Crippen LogP contribution in [0.5, 0.6) is 0 Å². The summed E-state index contributed by atoms with van der Waals surface area (Å²) >= 11 is 1.90. The Hall–Kier alpha value is -1.42. The largest absolute Gasteiger partial charge is 0.384 e. The van der Waals surface area contributed by atoms with Crippen molar-refractivity contribution in [3.05, 3.63) is 40.7 Å². The number of hydrogen-bond donors (Lipinski definition) is 1. The summed E-state index contributed by atoms with van der Waals surface area (Å²) in [5.41, 5.74) is 1.96. The molecule has 0 spiro atoms. The van der Waals surface area contributed by atoms with Crippen LogP contribution in [0.3, 0.4) is 0 Å². The fourth-order valence-corrected chi connectivity index (χ4v) is 2.82. The molecule has 0 aliphatic heterocycles.